The topological polar surface area (TPSA) is 193 Å². The Morgan fingerprint density at radius 3 is 2.49 bits per heavy atom. The molecule has 3 aliphatic heterocycles. The van der Waals surface area contributed by atoms with E-state index in [2.05, 4.69) is 36.7 Å². The van der Waals surface area contributed by atoms with Crippen molar-refractivity contribution in [2.45, 2.75) is 51.2 Å². The summed E-state index contributed by atoms with van der Waals surface area (Å²) in [7, 11) is 0. The van der Waals surface area contributed by atoms with Crippen LogP contribution in [-0.4, -0.2) is 85.5 Å². The number of piperidine rings is 2. The molecule has 0 unspecified atom stereocenters. The molecule has 0 bridgehead atoms. The van der Waals surface area contributed by atoms with Gasteiger partial charge < -0.3 is 19.9 Å². The SMILES string of the molecule is N#Cc1cccc(-c2ccc(=O)n(Cc3cccc(-c4ncc(OCC5CCN(CCC(=O)Nc6cccc7c6CN([C@H]6CCC(=O)NC6=O)C7=O)CC5)cn4)c3)n2)c1. The molecule has 4 amide bonds. The van der Waals surface area contributed by atoms with E-state index in [9.17, 15) is 29.2 Å². The third-order valence-electron chi connectivity index (χ3n) is 11.0. The number of benzene rings is 3. The highest BCUT2D eigenvalue weighted by molar-refractivity contribution is 6.06. The van der Waals surface area contributed by atoms with E-state index in [-0.39, 0.29) is 49.2 Å². The predicted molar refractivity (Wildman–Crippen MR) is 216 cm³/mol. The molecule has 0 aliphatic carbocycles. The summed E-state index contributed by atoms with van der Waals surface area (Å²) in [6.45, 7) is 3.25. The number of nitrogens with one attached hydrogen (secondary N) is 2. The maximum absolute atomic E-state index is 13.1. The van der Waals surface area contributed by atoms with Gasteiger partial charge >= 0.3 is 0 Å². The molecule has 2 fully saturated rings. The van der Waals surface area contributed by atoms with Crippen molar-refractivity contribution in [1.82, 2.24) is 34.9 Å². The smallest absolute Gasteiger partial charge is 0.267 e. The average molecular weight is 792 g/mol. The van der Waals surface area contributed by atoms with Gasteiger partial charge in [0.15, 0.2) is 11.6 Å². The van der Waals surface area contributed by atoms with Gasteiger partial charge in [-0.1, -0.05) is 36.4 Å². The van der Waals surface area contributed by atoms with Gasteiger partial charge in [-0.2, -0.15) is 10.4 Å². The highest BCUT2D eigenvalue weighted by atomic mass is 16.5. The molecule has 3 aliphatic rings. The molecular weight excluding hydrogens is 751 g/mol. The van der Waals surface area contributed by atoms with Gasteiger partial charge in [0.2, 0.25) is 17.7 Å². The van der Waals surface area contributed by atoms with Gasteiger partial charge in [0, 0.05) is 59.9 Å². The molecule has 3 aromatic carbocycles. The zero-order valence-electron chi connectivity index (χ0n) is 32.2. The molecule has 15 nitrogen and oxygen atoms in total. The van der Waals surface area contributed by atoms with Crippen LogP contribution in [0.4, 0.5) is 5.69 Å². The summed E-state index contributed by atoms with van der Waals surface area (Å²) in [4.78, 5) is 75.7. The van der Waals surface area contributed by atoms with Crippen LogP contribution >= 0.6 is 0 Å². The van der Waals surface area contributed by atoms with Crippen LogP contribution < -0.4 is 20.9 Å². The first-order valence-electron chi connectivity index (χ1n) is 19.6. The minimum Gasteiger partial charge on any atom is -0.490 e. The van der Waals surface area contributed by atoms with Gasteiger partial charge in [0.25, 0.3) is 11.5 Å². The van der Waals surface area contributed by atoms with Crippen LogP contribution in [0, 0.1) is 17.2 Å². The molecule has 2 N–H and O–H groups in total. The fraction of sp³-hybridized carbons (Fsp3) is 0.295. The number of fused-ring (bicyclic) bond motifs is 1. The monoisotopic (exact) mass is 791 g/mol. The Morgan fingerprint density at radius 2 is 1.69 bits per heavy atom. The third-order valence-corrected chi connectivity index (χ3v) is 11.0. The maximum atomic E-state index is 13.1. The lowest BCUT2D eigenvalue weighted by molar-refractivity contribution is -0.137. The highest BCUT2D eigenvalue weighted by Crippen LogP contribution is 2.32. The molecule has 0 radical (unpaired) electrons. The van der Waals surface area contributed by atoms with Crippen molar-refractivity contribution in [3.8, 4) is 34.5 Å². The van der Waals surface area contributed by atoms with E-state index in [1.807, 2.05) is 30.3 Å². The number of nitriles is 1. The highest BCUT2D eigenvalue weighted by Gasteiger charge is 2.40. The van der Waals surface area contributed by atoms with Gasteiger partial charge in [0.05, 0.1) is 42.9 Å². The normalized spacial score (nSPS) is 17.0. The molecule has 59 heavy (non-hydrogen) atoms. The maximum Gasteiger partial charge on any atom is 0.267 e. The quantitative estimate of drug-likeness (QED) is 0.172. The third kappa shape index (κ3) is 8.93. The first kappa shape index (κ1) is 38.8. The van der Waals surface area contributed by atoms with E-state index in [0.717, 1.165) is 42.6 Å². The van der Waals surface area contributed by atoms with Gasteiger partial charge in [-0.25, -0.2) is 14.6 Å². The van der Waals surface area contributed by atoms with Crippen molar-refractivity contribution >= 4 is 29.3 Å². The number of hydrogen-bond donors (Lipinski definition) is 2. The lowest BCUT2D eigenvalue weighted by atomic mass is 9.97. The first-order valence-corrected chi connectivity index (χ1v) is 19.6. The summed E-state index contributed by atoms with van der Waals surface area (Å²) in [5.41, 5.74) is 4.97. The lowest BCUT2D eigenvalue weighted by Gasteiger charge is -2.31. The number of nitrogens with zero attached hydrogens (tertiary/aromatic N) is 7. The van der Waals surface area contributed by atoms with E-state index in [0.29, 0.717) is 65.1 Å². The Hall–Kier alpha value is -7.05. The second-order valence-electron chi connectivity index (χ2n) is 15.0. The number of carbonyl (C=O) groups excluding carboxylic acids is 4. The van der Waals surface area contributed by atoms with E-state index in [4.69, 9.17) is 4.74 Å². The molecule has 298 valence electrons. The summed E-state index contributed by atoms with van der Waals surface area (Å²) in [5.74, 6) is 0.212. The zero-order valence-corrected chi connectivity index (χ0v) is 32.2. The van der Waals surface area contributed by atoms with Crippen LogP contribution in [0.15, 0.2) is 96.1 Å². The molecule has 5 aromatic rings. The fourth-order valence-corrected chi connectivity index (χ4v) is 7.75. The van der Waals surface area contributed by atoms with Crippen molar-refractivity contribution in [2.24, 2.45) is 5.92 Å². The molecule has 0 saturated carbocycles. The number of carbonyl (C=O) groups is 4. The van der Waals surface area contributed by atoms with Crippen molar-refractivity contribution in [3.63, 3.8) is 0 Å². The fourth-order valence-electron chi connectivity index (χ4n) is 7.75. The van der Waals surface area contributed by atoms with Crippen LogP contribution in [0.1, 0.15) is 59.2 Å². The Labute approximate surface area is 339 Å². The molecule has 0 spiro atoms. The van der Waals surface area contributed by atoms with E-state index in [1.54, 1.807) is 54.9 Å². The number of imide groups is 1. The zero-order chi connectivity index (χ0) is 40.9. The lowest BCUT2D eigenvalue weighted by Crippen LogP contribution is -2.52. The van der Waals surface area contributed by atoms with Gasteiger partial charge in [-0.15, -0.1) is 0 Å². The van der Waals surface area contributed by atoms with E-state index in [1.165, 1.54) is 15.6 Å². The van der Waals surface area contributed by atoms with Gasteiger partial charge in [-0.3, -0.25) is 29.3 Å². The Balaban J connectivity index is 0.784. The minimum atomic E-state index is -0.717. The molecule has 1 atom stereocenters. The summed E-state index contributed by atoms with van der Waals surface area (Å²) in [5, 5.41) is 19.1. The number of rotatable bonds is 12. The summed E-state index contributed by atoms with van der Waals surface area (Å²) >= 11 is 0. The Kier molecular flexibility index (Phi) is 11.3. The van der Waals surface area contributed by atoms with Crippen LogP contribution in [0.3, 0.4) is 0 Å². The average Bonchev–Trinajstić information content (AvgIpc) is 3.59. The van der Waals surface area contributed by atoms with Gasteiger partial charge in [-0.05, 0) is 80.2 Å². The second kappa shape index (κ2) is 17.2. The molecular formula is C44H41N9O6. The molecule has 8 rings (SSSR count). The molecule has 2 aromatic heterocycles. The van der Waals surface area contributed by atoms with Crippen molar-refractivity contribution in [2.75, 3.05) is 31.6 Å². The van der Waals surface area contributed by atoms with Crippen LogP contribution in [0.2, 0.25) is 0 Å². The van der Waals surface area contributed by atoms with Gasteiger partial charge in [0.1, 0.15) is 6.04 Å². The Bertz CT molecular complexity index is 2520. The van der Waals surface area contributed by atoms with Crippen LogP contribution in [0.25, 0.3) is 22.6 Å². The first-order chi connectivity index (χ1) is 28.7. The Morgan fingerprint density at radius 1 is 0.915 bits per heavy atom. The van der Waals surface area contributed by atoms with E-state index < -0.39 is 11.9 Å². The van der Waals surface area contributed by atoms with Crippen molar-refractivity contribution in [3.05, 3.63) is 124 Å². The molecule has 15 heteroatoms. The number of ether oxygens (including phenoxy) is 1. The summed E-state index contributed by atoms with van der Waals surface area (Å²) in [6.07, 6.45) is 5.92. The number of amides is 4. The molecule has 2 saturated heterocycles. The second-order valence-corrected chi connectivity index (χ2v) is 15.0. The number of aromatic nitrogens is 4. The van der Waals surface area contributed by atoms with E-state index >= 15 is 0 Å². The molecule has 5 heterocycles. The van der Waals surface area contributed by atoms with Crippen molar-refractivity contribution in [1.29, 1.82) is 5.26 Å². The minimum absolute atomic E-state index is 0.149. The number of anilines is 1. The number of hydrogen-bond acceptors (Lipinski definition) is 11. The standard InChI is InChI=1S/C44H41N9O6/c45-22-29-4-1-6-31(20-29)36-10-13-41(56)53(50-36)25-30-5-2-7-32(21-30)42-46-23-33(24-47-42)59-27-28-14-17-51(18-15-28)19-16-40(55)48-37-9-3-8-34-35(37)26-52(44(34)58)38-11-12-39(54)49-43(38)57/h1-10,13,20-21,23-24,28,38H,11-12,14-19,25-27H2,(H,48,55)(H,49,54,57)/t38-/m0/s1. The largest absolute Gasteiger partial charge is 0.490 e. The van der Waals surface area contributed by atoms with Crippen LogP contribution in [-0.2, 0) is 27.5 Å². The number of likely N-dealkylation sites (tertiary alicyclic amines) is 1. The van der Waals surface area contributed by atoms with Crippen LogP contribution in [0.5, 0.6) is 5.75 Å². The predicted octanol–water partition coefficient (Wildman–Crippen LogP) is 4.17. The summed E-state index contributed by atoms with van der Waals surface area (Å²) < 4.78 is 7.48. The summed E-state index contributed by atoms with van der Waals surface area (Å²) in [6, 6.07) is 24.5. The van der Waals surface area contributed by atoms with Crippen molar-refractivity contribution < 1.29 is 23.9 Å².